The SMILES string of the molecule is CC(=O)OCC1O[C@H](O[C@@]2(COC(C)=O)CC(C)(OC(C)=O)[C@@H](COC(C)=O)O2)C(OC(C)=O)C(O)[C@@H]1O. The van der Waals surface area contributed by atoms with Crippen LogP contribution in [0.25, 0.3) is 0 Å². The molecule has 0 aliphatic carbocycles. The van der Waals surface area contributed by atoms with Gasteiger partial charge in [-0.15, -0.1) is 0 Å². The smallest absolute Gasteiger partial charge is 0.303 e. The molecule has 0 radical (unpaired) electrons. The molecule has 2 fully saturated rings. The van der Waals surface area contributed by atoms with E-state index in [4.69, 9.17) is 37.9 Å². The van der Waals surface area contributed by atoms with Crippen molar-refractivity contribution in [1.29, 1.82) is 0 Å². The molecule has 15 heteroatoms. The molecule has 38 heavy (non-hydrogen) atoms. The van der Waals surface area contributed by atoms with E-state index in [1.165, 1.54) is 6.92 Å². The molecule has 0 amide bonds. The number of aliphatic hydroxyl groups excluding tert-OH is 2. The zero-order valence-electron chi connectivity index (χ0n) is 22.0. The van der Waals surface area contributed by atoms with Crippen molar-refractivity contribution in [2.75, 3.05) is 19.8 Å². The highest BCUT2D eigenvalue weighted by Gasteiger charge is 2.60. The van der Waals surface area contributed by atoms with Crippen molar-refractivity contribution in [2.45, 2.75) is 96.2 Å². The lowest BCUT2D eigenvalue weighted by molar-refractivity contribution is -0.372. The molecule has 2 N–H and O–H groups in total. The van der Waals surface area contributed by atoms with Gasteiger partial charge in [-0.05, 0) is 6.92 Å². The fraction of sp³-hybridized carbons (Fsp3) is 0.783. The van der Waals surface area contributed by atoms with Crippen LogP contribution in [0, 0.1) is 0 Å². The first-order valence-electron chi connectivity index (χ1n) is 11.7. The van der Waals surface area contributed by atoms with Crippen LogP contribution in [-0.2, 0) is 61.9 Å². The molecule has 216 valence electrons. The predicted molar refractivity (Wildman–Crippen MR) is 120 cm³/mol. The molecule has 4 unspecified atom stereocenters. The molecule has 0 aromatic rings. The normalized spacial score (nSPS) is 34.6. The van der Waals surface area contributed by atoms with Crippen molar-refractivity contribution in [3.05, 3.63) is 0 Å². The summed E-state index contributed by atoms with van der Waals surface area (Å²) in [4.78, 5) is 58.0. The van der Waals surface area contributed by atoms with Gasteiger partial charge in [-0.2, -0.15) is 0 Å². The average Bonchev–Trinajstić information content (AvgIpc) is 3.05. The van der Waals surface area contributed by atoms with E-state index in [0.717, 1.165) is 34.6 Å². The summed E-state index contributed by atoms with van der Waals surface area (Å²) in [5, 5.41) is 21.2. The molecule has 8 atom stereocenters. The molecular weight excluding hydrogens is 516 g/mol. The third-order valence-corrected chi connectivity index (χ3v) is 5.70. The number of ether oxygens (including phenoxy) is 8. The Morgan fingerprint density at radius 3 is 1.92 bits per heavy atom. The minimum atomic E-state index is -1.95. The second kappa shape index (κ2) is 12.8. The van der Waals surface area contributed by atoms with Crippen LogP contribution in [0.5, 0.6) is 0 Å². The Morgan fingerprint density at radius 1 is 0.816 bits per heavy atom. The van der Waals surface area contributed by atoms with E-state index in [0.29, 0.717) is 0 Å². The second-order valence-electron chi connectivity index (χ2n) is 9.20. The first-order chi connectivity index (χ1) is 17.6. The monoisotopic (exact) mass is 550 g/mol. The molecular formula is C23H34O15. The maximum absolute atomic E-state index is 11.9. The van der Waals surface area contributed by atoms with Crippen LogP contribution >= 0.6 is 0 Å². The van der Waals surface area contributed by atoms with E-state index in [9.17, 15) is 34.2 Å². The topological polar surface area (TPSA) is 200 Å². The summed E-state index contributed by atoms with van der Waals surface area (Å²) in [5.74, 6) is -5.55. The number of carbonyl (C=O) groups is 5. The Morgan fingerprint density at radius 2 is 1.39 bits per heavy atom. The van der Waals surface area contributed by atoms with Crippen LogP contribution in [0.4, 0.5) is 0 Å². The molecule has 0 spiro atoms. The summed E-state index contributed by atoms with van der Waals surface area (Å²) in [6, 6.07) is 0. The van der Waals surface area contributed by atoms with E-state index in [-0.39, 0.29) is 13.0 Å². The van der Waals surface area contributed by atoms with Gasteiger partial charge in [0.05, 0.1) is 0 Å². The minimum absolute atomic E-state index is 0.293. The number of aliphatic hydroxyl groups is 2. The molecule has 15 nitrogen and oxygen atoms in total. The van der Waals surface area contributed by atoms with Crippen LogP contribution in [-0.4, -0.2) is 108 Å². The van der Waals surface area contributed by atoms with Crippen molar-refractivity contribution >= 4 is 29.8 Å². The van der Waals surface area contributed by atoms with Gasteiger partial charge in [0.1, 0.15) is 49.8 Å². The number of hydrogen-bond acceptors (Lipinski definition) is 15. The van der Waals surface area contributed by atoms with Crippen LogP contribution in [0.15, 0.2) is 0 Å². The van der Waals surface area contributed by atoms with Crippen LogP contribution in [0.1, 0.15) is 48.0 Å². The molecule has 0 aromatic heterocycles. The van der Waals surface area contributed by atoms with Gasteiger partial charge in [-0.25, -0.2) is 0 Å². The number of esters is 5. The summed E-state index contributed by atoms with van der Waals surface area (Å²) >= 11 is 0. The molecule has 0 saturated carbocycles. The molecule has 2 rings (SSSR count). The van der Waals surface area contributed by atoms with Gasteiger partial charge in [0.15, 0.2) is 6.10 Å². The van der Waals surface area contributed by atoms with Gasteiger partial charge in [0.25, 0.3) is 0 Å². The van der Waals surface area contributed by atoms with E-state index in [2.05, 4.69) is 0 Å². The van der Waals surface area contributed by atoms with E-state index in [1.807, 2.05) is 0 Å². The maximum Gasteiger partial charge on any atom is 0.303 e. The van der Waals surface area contributed by atoms with Gasteiger partial charge in [-0.1, -0.05) is 0 Å². The predicted octanol–water partition coefficient (Wildman–Crippen LogP) is -1.12. The van der Waals surface area contributed by atoms with E-state index in [1.54, 1.807) is 0 Å². The van der Waals surface area contributed by atoms with Crippen molar-refractivity contribution in [3.63, 3.8) is 0 Å². The largest absolute Gasteiger partial charge is 0.463 e. The average molecular weight is 551 g/mol. The third kappa shape index (κ3) is 8.33. The van der Waals surface area contributed by atoms with Crippen molar-refractivity contribution in [1.82, 2.24) is 0 Å². The fourth-order valence-corrected chi connectivity index (χ4v) is 4.17. The van der Waals surface area contributed by atoms with E-state index >= 15 is 0 Å². The summed E-state index contributed by atoms with van der Waals surface area (Å²) in [6.45, 7) is 5.64. The minimum Gasteiger partial charge on any atom is -0.463 e. The summed E-state index contributed by atoms with van der Waals surface area (Å²) in [5.41, 5.74) is -1.47. The number of hydrogen-bond donors (Lipinski definition) is 2. The van der Waals surface area contributed by atoms with Crippen molar-refractivity contribution < 1.29 is 72.1 Å². The van der Waals surface area contributed by atoms with Gasteiger partial charge in [-0.3, -0.25) is 24.0 Å². The summed E-state index contributed by atoms with van der Waals surface area (Å²) < 4.78 is 43.4. The molecule has 0 bridgehead atoms. The van der Waals surface area contributed by atoms with Crippen molar-refractivity contribution in [2.24, 2.45) is 0 Å². The molecule has 2 saturated heterocycles. The third-order valence-electron chi connectivity index (χ3n) is 5.70. The lowest BCUT2D eigenvalue weighted by Crippen LogP contribution is -2.62. The zero-order valence-corrected chi connectivity index (χ0v) is 22.0. The van der Waals surface area contributed by atoms with Crippen LogP contribution in [0.2, 0.25) is 0 Å². The first kappa shape index (κ1) is 31.4. The Kier molecular flexibility index (Phi) is 10.6. The number of rotatable bonds is 10. The first-order valence-corrected chi connectivity index (χ1v) is 11.7. The molecule has 2 aliphatic heterocycles. The maximum atomic E-state index is 11.9. The zero-order chi connectivity index (χ0) is 28.8. The summed E-state index contributed by atoms with van der Waals surface area (Å²) in [6.07, 6.45) is -9.43. The Hall–Kier alpha value is -2.85. The van der Waals surface area contributed by atoms with Gasteiger partial charge < -0.3 is 48.1 Å². The lowest BCUT2D eigenvalue weighted by atomic mass is 9.94. The Bertz CT molecular complexity index is 903. The Labute approximate surface area is 218 Å². The molecule has 2 heterocycles. The van der Waals surface area contributed by atoms with Crippen LogP contribution in [0.3, 0.4) is 0 Å². The number of carbonyl (C=O) groups excluding carboxylic acids is 5. The standard InChI is InChI=1S/C23H34O15/c1-11(24)31-7-16-18(29)19(30)20(34-14(4)27)21(35-16)38-23(10-33-13(3)26)9-22(6,36-15(5)28)17(37-23)8-32-12(2)25/h16-21,29-30H,7-10H2,1-6H3/t16?,17-,18-,19?,20?,21-,22?,23-/m1/s1. The Balaban J connectivity index is 2.46. The highest BCUT2D eigenvalue weighted by molar-refractivity contribution is 5.67. The lowest BCUT2D eigenvalue weighted by Gasteiger charge is -2.44. The van der Waals surface area contributed by atoms with Gasteiger partial charge in [0, 0.05) is 41.0 Å². The highest BCUT2D eigenvalue weighted by Crippen LogP contribution is 2.44. The van der Waals surface area contributed by atoms with Gasteiger partial charge in [0.2, 0.25) is 12.1 Å². The van der Waals surface area contributed by atoms with Crippen molar-refractivity contribution in [3.8, 4) is 0 Å². The fourth-order valence-electron chi connectivity index (χ4n) is 4.17. The molecule has 0 aromatic carbocycles. The second-order valence-corrected chi connectivity index (χ2v) is 9.20. The highest BCUT2D eigenvalue weighted by atomic mass is 16.8. The quantitative estimate of drug-likeness (QED) is 0.244. The van der Waals surface area contributed by atoms with E-state index < -0.39 is 91.3 Å². The van der Waals surface area contributed by atoms with Crippen LogP contribution < -0.4 is 0 Å². The summed E-state index contributed by atoms with van der Waals surface area (Å²) in [7, 11) is 0. The van der Waals surface area contributed by atoms with Gasteiger partial charge >= 0.3 is 29.8 Å². The molecule has 2 aliphatic rings.